The molecule has 0 saturated carbocycles. The van der Waals surface area contributed by atoms with Gasteiger partial charge in [0.1, 0.15) is 0 Å². The molecule has 0 aliphatic carbocycles. The molecule has 0 aromatic carbocycles. The molecule has 1 aliphatic rings. The molecule has 0 N–H and O–H groups in total. The van der Waals surface area contributed by atoms with Gasteiger partial charge in [-0.25, -0.2) is 0 Å². The van der Waals surface area contributed by atoms with Gasteiger partial charge in [0.2, 0.25) is 0 Å². The first-order valence-corrected chi connectivity index (χ1v) is 7.20. The number of hydrogen-bond acceptors (Lipinski definition) is 3. The number of likely N-dealkylation sites (tertiary alicyclic amines) is 1. The molecule has 0 aromatic rings. The van der Waals surface area contributed by atoms with Crippen LogP contribution in [-0.4, -0.2) is 37.6 Å². The average molecular weight is 265 g/mol. The van der Waals surface area contributed by atoms with E-state index in [0.29, 0.717) is 0 Å². The Kier molecular flexibility index (Phi) is 6.85. The van der Waals surface area contributed by atoms with E-state index in [1.807, 2.05) is 0 Å². The lowest BCUT2D eigenvalue weighted by Gasteiger charge is -2.30. The molecule has 3 nitrogen and oxygen atoms in total. The number of carbonyl (C=O) groups is 1. The first-order valence-electron chi connectivity index (χ1n) is 7.20. The van der Waals surface area contributed by atoms with Crippen LogP contribution in [0, 0.1) is 5.92 Å². The number of methoxy groups -OCH3 is 1. The molecule has 0 bridgehead atoms. The molecule has 0 unspecified atom stereocenters. The van der Waals surface area contributed by atoms with E-state index >= 15 is 0 Å². The predicted octanol–water partition coefficient (Wildman–Crippen LogP) is 3.17. The summed E-state index contributed by atoms with van der Waals surface area (Å²) in [5.74, 6) is 0.0567. The van der Waals surface area contributed by atoms with E-state index < -0.39 is 0 Å². The van der Waals surface area contributed by atoms with Crippen LogP contribution in [0.25, 0.3) is 0 Å². The third-order valence-corrected chi connectivity index (χ3v) is 3.81. The summed E-state index contributed by atoms with van der Waals surface area (Å²) in [4.78, 5) is 13.9. The molecule has 0 aromatic heterocycles. The predicted molar refractivity (Wildman–Crippen MR) is 79.0 cm³/mol. The maximum Gasteiger partial charge on any atom is 0.308 e. The van der Waals surface area contributed by atoms with Crippen molar-refractivity contribution in [3.63, 3.8) is 0 Å². The number of esters is 1. The molecule has 0 radical (unpaired) electrons. The van der Waals surface area contributed by atoms with Crippen LogP contribution >= 0.6 is 0 Å². The van der Waals surface area contributed by atoms with Gasteiger partial charge in [0, 0.05) is 6.54 Å². The Hall–Kier alpha value is -1.09. The number of hydrogen-bond donors (Lipinski definition) is 0. The zero-order chi connectivity index (χ0) is 14.3. The molecule has 1 aliphatic heterocycles. The fourth-order valence-electron chi connectivity index (χ4n) is 2.30. The molecule has 19 heavy (non-hydrogen) atoms. The highest BCUT2D eigenvalue weighted by Crippen LogP contribution is 2.19. The largest absolute Gasteiger partial charge is 0.469 e. The second-order valence-electron chi connectivity index (χ2n) is 5.45. The highest BCUT2D eigenvalue weighted by atomic mass is 16.5. The summed E-state index contributed by atoms with van der Waals surface area (Å²) in [6.07, 6.45) is 7.36. The van der Waals surface area contributed by atoms with Crippen molar-refractivity contribution in [3.8, 4) is 0 Å². The zero-order valence-corrected chi connectivity index (χ0v) is 12.7. The number of carbonyl (C=O) groups excluding carboxylic acids is 1. The summed E-state index contributed by atoms with van der Waals surface area (Å²) in [6.45, 7) is 9.48. The Morgan fingerprint density at radius 3 is 2.32 bits per heavy atom. The van der Waals surface area contributed by atoms with Crippen LogP contribution in [0.15, 0.2) is 23.3 Å². The highest BCUT2D eigenvalue weighted by molar-refractivity contribution is 5.72. The zero-order valence-electron chi connectivity index (χ0n) is 12.7. The highest BCUT2D eigenvalue weighted by Gasteiger charge is 2.25. The molecule has 3 heteroatoms. The lowest BCUT2D eigenvalue weighted by molar-refractivity contribution is -0.147. The molecule has 1 saturated heterocycles. The number of allylic oxidation sites excluding steroid dienone is 3. The van der Waals surface area contributed by atoms with Crippen LogP contribution in [0.5, 0.6) is 0 Å². The second-order valence-corrected chi connectivity index (χ2v) is 5.45. The van der Waals surface area contributed by atoms with Gasteiger partial charge in [0.25, 0.3) is 0 Å². The van der Waals surface area contributed by atoms with Crippen molar-refractivity contribution < 1.29 is 9.53 Å². The van der Waals surface area contributed by atoms with Crippen molar-refractivity contribution in [1.82, 2.24) is 4.90 Å². The summed E-state index contributed by atoms with van der Waals surface area (Å²) in [5.41, 5.74) is 2.79. The standard InChI is InChI=1S/C16H27NO2/c1-5-13(2)6-7-14(3)12-17-10-8-15(9-11-17)16(18)19-4/h6-7,15H,5,8-12H2,1-4H3/b13-6+,14-7+. The maximum atomic E-state index is 11.4. The van der Waals surface area contributed by atoms with Crippen molar-refractivity contribution in [2.75, 3.05) is 26.7 Å². The van der Waals surface area contributed by atoms with E-state index in [1.54, 1.807) is 0 Å². The lowest BCUT2D eigenvalue weighted by Crippen LogP contribution is -2.37. The van der Waals surface area contributed by atoms with Crippen LogP contribution < -0.4 is 0 Å². The smallest absolute Gasteiger partial charge is 0.308 e. The minimum absolute atomic E-state index is 0.0478. The van der Waals surface area contributed by atoms with Gasteiger partial charge < -0.3 is 4.74 Å². The average Bonchev–Trinajstić information content (AvgIpc) is 2.44. The molecule has 0 spiro atoms. The summed E-state index contributed by atoms with van der Waals surface area (Å²) in [6, 6.07) is 0. The van der Waals surface area contributed by atoms with Crippen LogP contribution in [0.1, 0.15) is 40.0 Å². The van der Waals surface area contributed by atoms with Crippen LogP contribution in [0.4, 0.5) is 0 Å². The number of rotatable bonds is 5. The van der Waals surface area contributed by atoms with E-state index in [2.05, 4.69) is 37.8 Å². The van der Waals surface area contributed by atoms with Crippen molar-refractivity contribution in [1.29, 1.82) is 0 Å². The van der Waals surface area contributed by atoms with Gasteiger partial charge in [-0.05, 0) is 46.2 Å². The van der Waals surface area contributed by atoms with E-state index in [1.165, 1.54) is 18.3 Å². The van der Waals surface area contributed by atoms with Crippen LogP contribution in [0.2, 0.25) is 0 Å². The molecule has 108 valence electrons. The number of ether oxygens (including phenoxy) is 1. The summed E-state index contributed by atoms with van der Waals surface area (Å²) < 4.78 is 4.81. The summed E-state index contributed by atoms with van der Waals surface area (Å²) in [7, 11) is 1.48. The first kappa shape index (κ1) is 16.0. The van der Waals surface area contributed by atoms with E-state index in [-0.39, 0.29) is 11.9 Å². The molecular formula is C16H27NO2. The minimum Gasteiger partial charge on any atom is -0.469 e. The normalized spacial score (nSPS) is 19.6. The molecule has 1 heterocycles. The van der Waals surface area contributed by atoms with Crippen molar-refractivity contribution in [3.05, 3.63) is 23.3 Å². The monoisotopic (exact) mass is 265 g/mol. The Balaban J connectivity index is 2.38. The van der Waals surface area contributed by atoms with Crippen molar-refractivity contribution >= 4 is 5.97 Å². The van der Waals surface area contributed by atoms with Gasteiger partial charge in [0.15, 0.2) is 0 Å². The fraction of sp³-hybridized carbons (Fsp3) is 0.688. The molecular weight excluding hydrogens is 238 g/mol. The lowest BCUT2D eigenvalue weighted by atomic mass is 9.97. The van der Waals surface area contributed by atoms with Gasteiger partial charge in [-0.2, -0.15) is 0 Å². The van der Waals surface area contributed by atoms with E-state index in [4.69, 9.17) is 4.74 Å². The van der Waals surface area contributed by atoms with Gasteiger partial charge >= 0.3 is 5.97 Å². The molecule has 0 amide bonds. The Morgan fingerprint density at radius 2 is 1.79 bits per heavy atom. The molecule has 1 fully saturated rings. The Labute approximate surface area is 117 Å². The van der Waals surface area contributed by atoms with Crippen LogP contribution in [-0.2, 0) is 9.53 Å². The van der Waals surface area contributed by atoms with Gasteiger partial charge in [-0.1, -0.05) is 30.2 Å². The topological polar surface area (TPSA) is 29.5 Å². The second kappa shape index (κ2) is 8.16. The third-order valence-electron chi connectivity index (χ3n) is 3.81. The maximum absolute atomic E-state index is 11.4. The SMILES string of the molecule is CC/C(C)=C/C=C(\C)CN1CCC(C(=O)OC)CC1. The van der Waals surface area contributed by atoms with E-state index in [0.717, 1.165) is 38.9 Å². The number of piperidine rings is 1. The van der Waals surface area contributed by atoms with Crippen molar-refractivity contribution in [2.45, 2.75) is 40.0 Å². The Bertz CT molecular complexity index is 350. The molecule has 0 atom stereocenters. The summed E-state index contributed by atoms with van der Waals surface area (Å²) >= 11 is 0. The van der Waals surface area contributed by atoms with E-state index in [9.17, 15) is 4.79 Å². The van der Waals surface area contributed by atoms with Gasteiger partial charge in [-0.3, -0.25) is 9.69 Å². The van der Waals surface area contributed by atoms with Gasteiger partial charge in [-0.15, -0.1) is 0 Å². The fourth-order valence-corrected chi connectivity index (χ4v) is 2.30. The first-order chi connectivity index (χ1) is 9.06. The van der Waals surface area contributed by atoms with Crippen LogP contribution in [0.3, 0.4) is 0 Å². The summed E-state index contributed by atoms with van der Waals surface area (Å²) in [5, 5.41) is 0. The quantitative estimate of drug-likeness (QED) is 0.565. The van der Waals surface area contributed by atoms with Gasteiger partial charge in [0.05, 0.1) is 13.0 Å². The number of nitrogens with zero attached hydrogens (tertiary/aromatic N) is 1. The third kappa shape index (κ3) is 5.60. The molecule has 1 rings (SSSR count). The minimum atomic E-state index is -0.0478. The van der Waals surface area contributed by atoms with Crippen molar-refractivity contribution in [2.24, 2.45) is 5.92 Å². The Morgan fingerprint density at radius 1 is 1.21 bits per heavy atom.